The number of fused-ring (bicyclic) bond motifs is 6. The molecule has 2 aliphatic heterocycles. The highest BCUT2D eigenvalue weighted by Crippen LogP contribution is 2.45. The average molecular weight is 499 g/mol. The minimum absolute atomic E-state index is 0.113. The van der Waals surface area contributed by atoms with E-state index >= 15 is 0 Å². The predicted octanol–water partition coefficient (Wildman–Crippen LogP) is 4.81. The molecule has 7 nitrogen and oxygen atoms in total. The Balaban J connectivity index is 1.35. The highest BCUT2D eigenvalue weighted by atomic mass is 16.2. The van der Waals surface area contributed by atoms with Crippen LogP contribution in [-0.2, 0) is 28.0 Å². The summed E-state index contributed by atoms with van der Waals surface area (Å²) in [7, 11) is 0. The van der Waals surface area contributed by atoms with Gasteiger partial charge in [0.25, 0.3) is 5.91 Å². The summed E-state index contributed by atoms with van der Waals surface area (Å²) >= 11 is 0. The van der Waals surface area contributed by atoms with E-state index in [1.165, 1.54) is 10.5 Å². The molecule has 192 valence electrons. The first-order chi connectivity index (χ1) is 17.8. The summed E-state index contributed by atoms with van der Waals surface area (Å²) in [5.74, 6) is -0.448. The maximum absolute atomic E-state index is 14.2. The molecule has 1 aliphatic carbocycles. The van der Waals surface area contributed by atoms with Gasteiger partial charge < -0.3 is 15.2 Å². The molecule has 3 aliphatic rings. The van der Waals surface area contributed by atoms with Crippen molar-refractivity contribution in [1.29, 1.82) is 0 Å². The van der Waals surface area contributed by atoms with E-state index in [0.717, 1.165) is 47.0 Å². The molecule has 0 saturated carbocycles. The van der Waals surface area contributed by atoms with Crippen molar-refractivity contribution < 1.29 is 14.4 Å². The first-order valence-electron chi connectivity index (χ1n) is 13.4. The molecule has 3 aromatic rings. The fraction of sp³-hybridized carbons (Fsp3) is 0.433. The van der Waals surface area contributed by atoms with Crippen LogP contribution in [0.2, 0.25) is 0 Å². The van der Waals surface area contributed by atoms with Gasteiger partial charge in [0, 0.05) is 17.4 Å². The number of para-hydroxylation sites is 1. The second kappa shape index (κ2) is 8.75. The van der Waals surface area contributed by atoms with Crippen molar-refractivity contribution in [3.8, 4) is 0 Å². The monoisotopic (exact) mass is 498 g/mol. The Morgan fingerprint density at radius 1 is 1.11 bits per heavy atom. The molecule has 0 radical (unpaired) electrons. The van der Waals surface area contributed by atoms with Crippen LogP contribution in [0.15, 0.2) is 48.5 Å². The third-order valence-electron chi connectivity index (χ3n) is 8.49. The molecular formula is C30H34N4O3. The number of carbonyl (C=O) groups excluding carboxylic acids is 3. The molecule has 2 aromatic carbocycles. The lowest BCUT2D eigenvalue weighted by Crippen LogP contribution is -2.52. The molecule has 2 N–H and O–H groups in total. The lowest BCUT2D eigenvalue weighted by molar-refractivity contribution is -0.140. The highest BCUT2D eigenvalue weighted by Gasteiger charge is 2.60. The molecule has 4 amide bonds. The third-order valence-corrected chi connectivity index (χ3v) is 8.49. The highest BCUT2D eigenvalue weighted by molar-refractivity contribution is 6.11. The molecule has 1 fully saturated rings. The number of imide groups is 1. The molecule has 1 unspecified atom stereocenters. The standard InChI is InChI=1S/C30H34N4O3/c1-18(2)17-25(27(35)32-23-14-8-10-19-9-4-5-11-20(19)23)34-28(36)30(3)26-22(15-16-33(30)29(34)37)21-12-6-7-13-24(21)31-26/h4-7,9,11-13,18,23,25,31H,8,10,14-17H2,1-3H3,(H,32,35)/t23?,25-,30-/m0/s1. The molecule has 1 aromatic heterocycles. The number of urea groups is 1. The number of carbonyl (C=O) groups is 3. The topological polar surface area (TPSA) is 85.5 Å². The van der Waals surface area contributed by atoms with E-state index in [9.17, 15) is 14.4 Å². The summed E-state index contributed by atoms with van der Waals surface area (Å²) in [5, 5.41) is 4.31. The molecule has 3 atom stereocenters. The van der Waals surface area contributed by atoms with E-state index in [1.54, 1.807) is 4.90 Å². The van der Waals surface area contributed by atoms with Gasteiger partial charge in [-0.15, -0.1) is 0 Å². The van der Waals surface area contributed by atoms with Gasteiger partial charge in [0.15, 0.2) is 5.54 Å². The Labute approximate surface area is 217 Å². The maximum Gasteiger partial charge on any atom is 0.328 e. The third kappa shape index (κ3) is 3.58. The summed E-state index contributed by atoms with van der Waals surface area (Å²) in [5.41, 5.74) is 4.05. The number of amides is 4. The van der Waals surface area contributed by atoms with Gasteiger partial charge in [-0.1, -0.05) is 56.3 Å². The van der Waals surface area contributed by atoms with Crippen molar-refractivity contribution >= 4 is 28.7 Å². The number of nitrogens with zero attached hydrogens (tertiary/aromatic N) is 2. The summed E-state index contributed by atoms with van der Waals surface area (Å²) in [6, 6.07) is 14.9. The lowest BCUT2D eigenvalue weighted by Gasteiger charge is -2.36. The van der Waals surface area contributed by atoms with Crippen LogP contribution in [0.1, 0.15) is 68.5 Å². The number of aromatic nitrogens is 1. The molecule has 37 heavy (non-hydrogen) atoms. The zero-order chi connectivity index (χ0) is 25.9. The molecule has 0 bridgehead atoms. The van der Waals surface area contributed by atoms with Crippen molar-refractivity contribution in [2.75, 3.05) is 6.54 Å². The number of nitrogens with one attached hydrogen (secondary N) is 2. The minimum atomic E-state index is -1.16. The molecule has 0 spiro atoms. The van der Waals surface area contributed by atoms with Crippen molar-refractivity contribution in [2.24, 2.45) is 5.92 Å². The van der Waals surface area contributed by atoms with Crippen molar-refractivity contribution in [3.05, 3.63) is 70.9 Å². The largest absolute Gasteiger partial charge is 0.356 e. The number of hydrogen-bond acceptors (Lipinski definition) is 3. The van der Waals surface area contributed by atoms with Gasteiger partial charge >= 0.3 is 6.03 Å². The number of H-pyrrole nitrogens is 1. The van der Waals surface area contributed by atoms with E-state index in [1.807, 2.05) is 51.1 Å². The van der Waals surface area contributed by atoms with Crippen LogP contribution >= 0.6 is 0 Å². The maximum atomic E-state index is 14.2. The van der Waals surface area contributed by atoms with Crippen LogP contribution in [0.5, 0.6) is 0 Å². The van der Waals surface area contributed by atoms with Gasteiger partial charge in [0.1, 0.15) is 6.04 Å². The van der Waals surface area contributed by atoms with Crippen LogP contribution in [0, 0.1) is 5.92 Å². The molecule has 7 heteroatoms. The zero-order valence-electron chi connectivity index (χ0n) is 21.7. The van der Waals surface area contributed by atoms with Crippen molar-refractivity contribution in [2.45, 2.75) is 70.5 Å². The van der Waals surface area contributed by atoms with Gasteiger partial charge in [-0.25, -0.2) is 9.69 Å². The first-order valence-corrected chi connectivity index (χ1v) is 13.4. The summed E-state index contributed by atoms with van der Waals surface area (Å²) < 4.78 is 0. The Hall–Kier alpha value is -3.61. The molecule has 6 rings (SSSR count). The molecular weight excluding hydrogens is 464 g/mol. The van der Waals surface area contributed by atoms with Crippen molar-refractivity contribution in [3.63, 3.8) is 0 Å². The summed E-state index contributed by atoms with van der Waals surface area (Å²) in [4.78, 5) is 48.2. The smallest absolute Gasteiger partial charge is 0.328 e. The van der Waals surface area contributed by atoms with Gasteiger partial charge in [-0.3, -0.25) is 9.59 Å². The quantitative estimate of drug-likeness (QED) is 0.495. The number of benzene rings is 2. The van der Waals surface area contributed by atoms with E-state index in [-0.39, 0.29) is 29.8 Å². The van der Waals surface area contributed by atoms with Gasteiger partial charge in [-0.2, -0.15) is 0 Å². The SMILES string of the molecule is CC(C)C[C@@H](C(=O)NC1CCCc2ccccc21)N1C(=O)N2CCc3c([nH]c4ccccc34)[C@@]2(C)C1=O. The van der Waals surface area contributed by atoms with Crippen molar-refractivity contribution in [1.82, 2.24) is 20.1 Å². The average Bonchev–Trinajstić information content (AvgIpc) is 3.36. The van der Waals surface area contributed by atoms with Crippen LogP contribution in [-0.4, -0.2) is 45.2 Å². The zero-order valence-corrected chi connectivity index (χ0v) is 21.7. The summed E-state index contributed by atoms with van der Waals surface area (Å²) in [6.45, 7) is 6.30. The Kier molecular flexibility index (Phi) is 5.62. The Morgan fingerprint density at radius 3 is 2.68 bits per heavy atom. The summed E-state index contributed by atoms with van der Waals surface area (Å²) in [6.07, 6.45) is 3.93. The minimum Gasteiger partial charge on any atom is -0.356 e. The second-order valence-corrected chi connectivity index (χ2v) is 11.3. The van der Waals surface area contributed by atoms with Gasteiger partial charge in [-0.05, 0) is 67.7 Å². The molecule has 3 heterocycles. The van der Waals surface area contributed by atoms with Gasteiger partial charge in [0.05, 0.1) is 11.7 Å². The predicted molar refractivity (Wildman–Crippen MR) is 142 cm³/mol. The van der Waals surface area contributed by atoms with E-state index in [0.29, 0.717) is 19.4 Å². The van der Waals surface area contributed by atoms with Crippen LogP contribution < -0.4 is 5.32 Å². The molecule has 1 saturated heterocycles. The lowest BCUT2D eigenvalue weighted by atomic mass is 9.86. The second-order valence-electron chi connectivity index (χ2n) is 11.3. The van der Waals surface area contributed by atoms with Crippen LogP contribution in [0.4, 0.5) is 4.79 Å². The van der Waals surface area contributed by atoms with E-state index in [4.69, 9.17) is 0 Å². The van der Waals surface area contributed by atoms with Crippen LogP contribution in [0.3, 0.4) is 0 Å². The number of aromatic amines is 1. The van der Waals surface area contributed by atoms with E-state index in [2.05, 4.69) is 28.5 Å². The number of rotatable bonds is 5. The fourth-order valence-electron chi connectivity index (χ4n) is 6.64. The fourth-order valence-corrected chi connectivity index (χ4v) is 6.64. The number of aryl methyl sites for hydroxylation is 1. The van der Waals surface area contributed by atoms with Gasteiger partial charge in [0.2, 0.25) is 5.91 Å². The Morgan fingerprint density at radius 2 is 1.86 bits per heavy atom. The normalized spacial score (nSPS) is 23.7. The Bertz CT molecular complexity index is 1410. The van der Waals surface area contributed by atoms with E-state index < -0.39 is 11.6 Å². The van der Waals surface area contributed by atoms with Crippen LogP contribution in [0.25, 0.3) is 10.9 Å². The number of hydrogen-bond donors (Lipinski definition) is 2. The first kappa shape index (κ1) is 23.8.